The number of amides is 1. The number of rotatable bonds is 4. The minimum Gasteiger partial charge on any atom is -0.321 e. The van der Waals surface area contributed by atoms with Gasteiger partial charge in [0.25, 0.3) is 0 Å². The van der Waals surface area contributed by atoms with Crippen LogP contribution in [0, 0.1) is 0 Å². The Morgan fingerprint density at radius 2 is 1.92 bits per heavy atom. The maximum atomic E-state index is 12.2. The van der Waals surface area contributed by atoms with Gasteiger partial charge in [0.15, 0.2) is 0 Å². The van der Waals surface area contributed by atoms with Gasteiger partial charge in [-0.2, -0.15) is 8.78 Å². The lowest BCUT2D eigenvalue weighted by atomic mass is 10.3. The van der Waals surface area contributed by atoms with Gasteiger partial charge in [-0.15, -0.1) is 0 Å². The average molecular weight is 197 g/mol. The van der Waals surface area contributed by atoms with Crippen molar-refractivity contribution in [1.29, 1.82) is 0 Å². The Kier molecular flexibility index (Phi) is 3.65. The van der Waals surface area contributed by atoms with Gasteiger partial charge in [-0.1, -0.05) is 13.2 Å². The highest BCUT2D eigenvalue weighted by molar-refractivity contribution is 5.85. The summed E-state index contributed by atoms with van der Waals surface area (Å²) in [6, 6.07) is 0. The summed E-state index contributed by atoms with van der Waals surface area (Å²) in [4.78, 5) is 10.4. The topological polar surface area (TPSA) is 29.1 Å². The lowest BCUT2D eigenvalue weighted by molar-refractivity contribution is -0.168. The number of alkyl halides is 4. The van der Waals surface area contributed by atoms with E-state index in [2.05, 4.69) is 13.2 Å². The number of halogens is 4. The van der Waals surface area contributed by atoms with Crippen molar-refractivity contribution < 1.29 is 22.4 Å². The molecule has 0 aromatic carbocycles. The van der Waals surface area contributed by atoms with Crippen molar-refractivity contribution in [3.8, 4) is 0 Å². The SMILES string of the molecule is C=CC(=C)NC(=O)C(F)(F)C(F)F. The summed E-state index contributed by atoms with van der Waals surface area (Å²) in [5.74, 6) is -6.79. The molecule has 0 bridgehead atoms. The third-order valence-electron chi connectivity index (χ3n) is 1.10. The van der Waals surface area contributed by atoms with Gasteiger partial charge in [0, 0.05) is 5.70 Å². The normalized spacial score (nSPS) is 11.2. The monoisotopic (exact) mass is 197 g/mol. The Labute approximate surface area is 71.9 Å². The molecule has 0 fully saturated rings. The van der Waals surface area contributed by atoms with E-state index in [9.17, 15) is 22.4 Å². The van der Waals surface area contributed by atoms with Crippen LogP contribution in [0.1, 0.15) is 0 Å². The van der Waals surface area contributed by atoms with Crippen LogP contribution in [0.4, 0.5) is 17.6 Å². The molecule has 0 atom stereocenters. The van der Waals surface area contributed by atoms with Crippen LogP contribution < -0.4 is 5.32 Å². The summed E-state index contributed by atoms with van der Waals surface area (Å²) >= 11 is 0. The van der Waals surface area contributed by atoms with Crippen LogP contribution in [-0.4, -0.2) is 18.3 Å². The van der Waals surface area contributed by atoms with Crippen LogP contribution in [-0.2, 0) is 4.79 Å². The fourth-order valence-corrected chi connectivity index (χ4v) is 0.379. The van der Waals surface area contributed by atoms with E-state index in [0.29, 0.717) is 0 Å². The van der Waals surface area contributed by atoms with E-state index < -0.39 is 18.3 Å². The van der Waals surface area contributed by atoms with E-state index in [1.54, 1.807) is 0 Å². The summed E-state index contributed by atoms with van der Waals surface area (Å²) in [6.45, 7) is 6.15. The highest BCUT2D eigenvalue weighted by atomic mass is 19.3. The fraction of sp³-hybridized carbons (Fsp3) is 0.286. The first-order chi connectivity index (χ1) is 5.82. The molecule has 0 heterocycles. The molecule has 0 spiro atoms. The van der Waals surface area contributed by atoms with Crippen LogP contribution in [0.2, 0.25) is 0 Å². The number of carbonyl (C=O) groups excluding carboxylic acids is 1. The fourth-order valence-electron chi connectivity index (χ4n) is 0.379. The standard InChI is InChI=1S/C7H7F4NO/c1-3-4(2)12-6(13)7(10,11)5(8)9/h3,5H,1-2H2,(H,12,13). The second kappa shape index (κ2) is 4.06. The van der Waals surface area contributed by atoms with Crippen molar-refractivity contribution in [2.24, 2.45) is 0 Å². The molecular formula is C7H7F4NO. The van der Waals surface area contributed by atoms with Crippen molar-refractivity contribution in [2.45, 2.75) is 12.3 Å². The van der Waals surface area contributed by atoms with Crippen LogP contribution >= 0.6 is 0 Å². The molecule has 2 nitrogen and oxygen atoms in total. The van der Waals surface area contributed by atoms with Crippen molar-refractivity contribution in [2.75, 3.05) is 0 Å². The largest absolute Gasteiger partial charge is 0.383 e. The van der Waals surface area contributed by atoms with Gasteiger partial charge in [0.05, 0.1) is 0 Å². The zero-order chi connectivity index (χ0) is 10.6. The van der Waals surface area contributed by atoms with Crippen LogP contribution in [0.25, 0.3) is 0 Å². The van der Waals surface area contributed by atoms with Gasteiger partial charge in [0.1, 0.15) is 0 Å². The molecule has 0 rings (SSSR count). The number of hydrogen-bond acceptors (Lipinski definition) is 1. The third-order valence-corrected chi connectivity index (χ3v) is 1.10. The van der Waals surface area contributed by atoms with Gasteiger partial charge in [-0.3, -0.25) is 4.79 Å². The molecule has 6 heteroatoms. The zero-order valence-corrected chi connectivity index (χ0v) is 6.49. The minimum absolute atomic E-state index is 0.259. The molecule has 1 N–H and O–H groups in total. The highest BCUT2D eigenvalue weighted by Crippen LogP contribution is 2.22. The first-order valence-electron chi connectivity index (χ1n) is 3.11. The number of nitrogens with one attached hydrogen (secondary N) is 1. The summed E-state index contributed by atoms with van der Waals surface area (Å²) in [5, 5.41) is 1.47. The quantitative estimate of drug-likeness (QED) is 0.539. The lowest BCUT2D eigenvalue weighted by Crippen LogP contribution is -2.44. The van der Waals surface area contributed by atoms with Crippen molar-refractivity contribution in [3.63, 3.8) is 0 Å². The van der Waals surface area contributed by atoms with Crippen molar-refractivity contribution in [1.82, 2.24) is 5.32 Å². The Hall–Kier alpha value is -1.33. The molecule has 0 aromatic heterocycles. The first-order valence-corrected chi connectivity index (χ1v) is 3.11. The molecule has 0 aliphatic rings. The summed E-state index contributed by atoms with van der Waals surface area (Å²) in [7, 11) is 0. The van der Waals surface area contributed by atoms with Gasteiger partial charge in [-0.05, 0) is 6.08 Å². The average Bonchev–Trinajstić information content (AvgIpc) is 2.03. The predicted octanol–water partition coefficient (Wildman–Crippen LogP) is 1.70. The van der Waals surface area contributed by atoms with E-state index in [0.717, 1.165) is 6.08 Å². The smallest absolute Gasteiger partial charge is 0.321 e. The Bertz CT molecular complexity index is 237. The zero-order valence-electron chi connectivity index (χ0n) is 6.49. The third kappa shape index (κ3) is 2.89. The van der Waals surface area contributed by atoms with Gasteiger partial charge < -0.3 is 5.32 Å². The maximum Gasteiger partial charge on any atom is 0.383 e. The van der Waals surface area contributed by atoms with Gasteiger partial charge in [0.2, 0.25) is 0 Å². The molecule has 0 aliphatic heterocycles. The van der Waals surface area contributed by atoms with E-state index in [-0.39, 0.29) is 5.70 Å². The number of allylic oxidation sites excluding steroid dienone is 1. The van der Waals surface area contributed by atoms with Gasteiger partial charge >= 0.3 is 18.3 Å². The lowest BCUT2D eigenvalue weighted by Gasteiger charge is -2.14. The second-order valence-corrected chi connectivity index (χ2v) is 2.11. The Balaban J connectivity index is 4.42. The molecule has 13 heavy (non-hydrogen) atoms. The van der Waals surface area contributed by atoms with Crippen LogP contribution in [0.3, 0.4) is 0 Å². The van der Waals surface area contributed by atoms with E-state index in [1.807, 2.05) is 0 Å². The van der Waals surface area contributed by atoms with E-state index in [4.69, 9.17) is 0 Å². The second-order valence-electron chi connectivity index (χ2n) is 2.11. The molecule has 0 aliphatic carbocycles. The predicted molar refractivity (Wildman–Crippen MR) is 38.4 cm³/mol. The number of carbonyl (C=O) groups is 1. The van der Waals surface area contributed by atoms with E-state index >= 15 is 0 Å². The molecular weight excluding hydrogens is 190 g/mol. The first kappa shape index (κ1) is 11.7. The Morgan fingerprint density at radius 3 is 2.23 bits per heavy atom. The van der Waals surface area contributed by atoms with Crippen LogP contribution in [0.15, 0.2) is 24.9 Å². The molecule has 0 unspecified atom stereocenters. The molecule has 0 saturated carbocycles. The molecule has 74 valence electrons. The molecule has 0 saturated heterocycles. The minimum atomic E-state index is -4.70. The Morgan fingerprint density at radius 1 is 1.46 bits per heavy atom. The highest BCUT2D eigenvalue weighted by Gasteiger charge is 2.48. The molecule has 0 aromatic rings. The summed E-state index contributed by atoms with van der Waals surface area (Å²) in [6.07, 6.45) is -3.08. The molecule has 1 amide bonds. The molecule has 0 radical (unpaired) electrons. The van der Waals surface area contributed by atoms with E-state index in [1.165, 1.54) is 5.32 Å². The van der Waals surface area contributed by atoms with Crippen molar-refractivity contribution >= 4 is 5.91 Å². The summed E-state index contributed by atoms with van der Waals surface area (Å²) in [5.41, 5.74) is -0.259. The van der Waals surface area contributed by atoms with Crippen molar-refractivity contribution in [3.05, 3.63) is 24.9 Å². The summed E-state index contributed by atoms with van der Waals surface area (Å²) < 4.78 is 47.5. The maximum absolute atomic E-state index is 12.2. The van der Waals surface area contributed by atoms with Crippen LogP contribution in [0.5, 0.6) is 0 Å². The number of hydrogen-bond donors (Lipinski definition) is 1. The van der Waals surface area contributed by atoms with Gasteiger partial charge in [-0.25, -0.2) is 8.78 Å².